The third-order valence-corrected chi connectivity index (χ3v) is 6.77. The van der Waals surface area contributed by atoms with Crippen LogP contribution in [0.25, 0.3) is 11.3 Å². The van der Waals surface area contributed by atoms with E-state index in [2.05, 4.69) is 20.6 Å². The van der Waals surface area contributed by atoms with Crippen molar-refractivity contribution in [2.75, 3.05) is 31.6 Å². The minimum absolute atomic E-state index is 0.0197. The molecule has 2 fully saturated rings. The SMILES string of the molecule is O=C(Cc1cc(-c2cccc(NCC3CCOCC3)n2)c(Cl)cn1)[C@@H]1CC[C@@H](C(F)(F)F)NC1. The number of Topliss-reactive ketones (excluding diaryl/α,β-unsaturated/α-hetero) is 1. The molecule has 0 bridgehead atoms. The van der Waals surface area contributed by atoms with Crippen LogP contribution < -0.4 is 10.6 Å². The average molecular weight is 497 g/mol. The number of anilines is 1. The van der Waals surface area contributed by atoms with Crippen molar-refractivity contribution in [1.82, 2.24) is 15.3 Å². The summed E-state index contributed by atoms with van der Waals surface area (Å²) in [5.74, 6) is 0.688. The Morgan fingerprint density at radius 3 is 2.71 bits per heavy atom. The maximum atomic E-state index is 12.8. The number of alkyl halides is 3. The van der Waals surface area contributed by atoms with E-state index in [1.165, 1.54) is 6.20 Å². The second-order valence-corrected chi connectivity index (χ2v) is 9.33. The molecule has 10 heteroatoms. The minimum atomic E-state index is -4.29. The van der Waals surface area contributed by atoms with E-state index in [4.69, 9.17) is 16.3 Å². The molecule has 0 unspecified atom stereocenters. The van der Waals surface area contributed by atoms with E-state index in [0.29, 0.717) is 27.9 Å². The number of carbonyl (C=O) groups excluding carboxylic acids is 1. The molecule has 2 aliphatic rings. The van der Waals surface area contributed by atoms with Crippen LogP contribution in [-0.4, -0.2) is 54.3 Å². The first-order valence-corrected chi connectivity index (χ1v) is 11.9. The van der Waals surface area contributed by atoms with Gasteiger partial charge in [0.05, 0.1) is 10.7 Å². The van der Waals surface area contributed by atoms with Crippen LogP contribution in [0, 0.1) is 11.8 Å². The number of nitrogens with one attached hydrogen (secondary N) is 2. The van der Waals surface area contributed by atoms with Crippen LogP contribution in [0.1, 0.15) is 31.4 Å². The fourth-order valence-corrected chi connectivity index (χ4v) is 4.59. The summed E-state index contributed by atoms with van der Waals surface area (Å²) < 4.78 is 43.9. The Labute approximate surface area is 201 Å². The quantitative estimate of drug-likeness (QED) is 0.580. The van der Waals surface area contributed by atoms with Crippen molar-refractivity contribution in [2.45, 2.75) is 44.3 Å². The van der Waals surface area contributed by atoms with Crippen molar-refractivity contribution in [3.63, 3.8) is 0 Å². The number of pyridine rings is 2. The second kappa shape index (κ2) is 11.0. The van der Waals surface area contributed by atoms with Gasteiger partial charge in [0.2, 0.25) is 0 Å². The first-order valence-electron chi connectivity index (χ1n) is 11.6. The number of aromatic nitrogens is 2. The predicted molar refractivity (Wildman–Crippen MR) is 124 cm³/mol. The van der Waals surface area contributed by atoms with E-state index >= 15 is 0 Å². The standard InChI is InChI=1S/C24H28ClF3N4O2/c25-19-14-29-17(11-21(33)16-4-5-22(30-13-16)24(26,27)28)10-18(19)20-2-1-3-23(32-20)31-12-15-6-8-34-9-7-15/h1-3,10,14-16,22,30H,4-9,11-13H2,(H,31,32)/t16-,22+/m1/s1. The van der Waals surface area contributed by atoms with Gasteiger partial charge in [0.25, 0.3) is 0 Å². The van der Waals surface area contributed by atoms with E-state index < -0.39 is 18.1 Å². The van der Waals surface area contributed by atoms with Crippen molar-refractivity contribution in [3.05, 3.63) is 41.2 Å². The lowest BCUT2D eigenvalue weighted by Crippen LogP contribution is -2.49. The Kier molecular flexibility index (Phi) is 8.06. The van der Waals surface area contributed by atoms with E-state index in [1.54, 1.807) is 6.07 Å². The summed E-state index contributed by atoms with van der Waals surface area (Å²) in [5.41, 5.74) is 1.84. The molecule has 0 radical (unpaired) electrons. The van der Waals surface area contributed by atoms with E-state index in [1.807, 2.05) is 18.2 Å². The van der Waals surface area contributed by atoms with Crippen molar-refractivity contribution in [1.29, 1.82) is 0 Å². The van der Waals surface area contributed by atoms with Gasteiger partial charge in [-0.2, -0.15) is 13.2 Å². The highest BCUT2D eigenvalue weighted by Gasteiger charge is 2.42. The Morgan fingerprint density at radius 1 is 1.21 bits per heavy atom. The molecule has 184 valence electrons. The largest absolute Gasteiger partial charge is 0.403 e. The average Bonchev–Trinajstić information content (AvgIpc) is 2.84. The van der Waals surface area contributed by atoms with Crippen molar-refractivity contribution in [3.8, 4) is 11.3 Å². The smallest absolute Gasteiger partial charge is 0.381 e. The normalized spacial score (nSPS) is 21.9. The zero-order valence-electron chi connectivity index (χ0n) is 18.7. The van der Waals surface area contributed by atoms with Crippen LogP contribution in [0.5, 0.6) is 0 Å². The third-order valence-electron chi connectivity index (χ3n) is 6.47. The van der Waals surface area contributed by atoms with Gasteiger partial charge < -0.3 is 15.4 Å². The van der Waals surface area contributed by atoms with Crippen LogP contribution >= 0.6 is 11.6 Å². The van der Waals surface area contributed by atoms with Gasteiger partial charge in [0, 0.05) is 56.1 Å². The molecule has 0 aliphatic carbocycles. The number of ketones is 1. The van der Waals surface area contributed by atoms with Crippen LogP contribution in [0.15, 0.2) is 30.5 Å². The van der Waals surface area contributed by atoms with Crippen LogP contribution in [0.2, 0.25) is 5.02 Å². The second-order valence-electron chi connectivity index (χ2n) is 8.92. The fourth-order valence-electron chi connectivity index (χ4n) is 4.39. The molecule has 4 heterocycles. The summed E-state index contributed by atoms with van der Waals surface area (Å²) in [6.07, 6.45) is -0.615. The Morgan fingerprint density at radius 2 is 2.00 bits per heavy atom. The lowest BCUT2D eigenvalue weighted by atomic mass is 9.89. The van der Waals surface area contributed by atoms with Gasteiger partial charge in [0.1, 0.15) is 17.6 Å². The number of rotatable bonds is 7. The predicted octanol–water partition coefficient (Wildman–Crippen LogP) is 4.68. The maximum absolute atomic E-state index is 12.8. The van der Waals surface area contributed by atoms with Gasteiger partial charge in [-0.05, 0) is 49.8 Å². The summed E-state index contributed by atoms with van der Waals surface area (Å²) in [5, 5.41) is 6.25. The zero-order valence-corrected chi connectivity index (χ0v) is 19.5. The van der Waals surface area contributed by atoms with Crippen molar-refractivity contribution < 1.29 is 22.7 Å². The van der Waals surface area contributed by atoms with Gasteiger partial charge in [-0.25, -0.2) is 4.98 Å². The molecule has 0 amide bonds. The summed E-state index contributed by atoms with van der Waals surface area (Å²) in [7, 11) is 0. The third kappa shape index (κ3) is 6.46. The minimum Gasteiger partial charge on any atom is -0.381 e. The molecule has 0 saturated carbocycles. The first-order chi connectivity index (χ1) is 16.3. The van der Waals surface area contributed by atoms with E-state index in [0.717, 1.165) is 38.4 Å². The highest BCUT2D eigenvalue weighted by atomic mass is 35.5. The molecule has 2 saturated heterocycles. The van der Waals surface area contributed by atoms with Gasteiger partial charge in [-0.15, -0.1) is 0 Å². The molecular weight excluding hydrogens is 469 g/mol. The summed E-state index contributed by atoms with van der Waals surface area (Å²) >= 11 is 6.39. The molecule has 0 aromatic carbocycles. The van der Waals surface area contributed by atoms with Crippen LogP contribution in [-0.2, 0) is 16.0 Å². The number of nitrogens with zero attached hydrogens (tertiary/aromatic N) is 2. The number of piperidine rings is 1. The van der Waals surface area contributed by atoms with Gasteiger partial charge >= 0.3 is 6.18 Å². The van der Waals surface area contributed by atoms with Crippen LogP contribution in [0.4, 0.5) is 19.0 Å². The monoisotopic (exact) mass is 496 g/mol. The molecule has 2 N–H and O–H groups in total. The number of carbonyl (C=O) groups is 1. The van der Waals surface area contributed by atoms with Crippen LogP contribution in [0.3, 0.4) is 0 Å². The molecule has 6 nitrogen and oxygen atoms in total. The lowest BCUT2D eigenvalue weighted by Gasteiger charge is -2.30. The summed E-state index contributed by atoms with van der Waals surface area (Å²) in [6.45, 7) is 2.40. The molecular formula is C24H28ClF3N4O2. The molecule has 2 atom stereocenters. The summed E-state index contributed by atoms with van der Waals surface area (Å²) in [4.78, 5) is 21.7. The molecule has 0 spiro atoms. The highest BCUT2D eigenvalue weighted by molar-refractivity contribution is 6.33. The molecule has 2 aromatic heterocycles. The highest BCUT2D eigenvalue weighted by Crippen LogP contribution is 2.30. The van der Waals surface area contributed by atoms with Gasteiger partial charge in [-0.1, -0.05) is 17.7 Å². The molecule has 4 rings (SSSR count). The topological polar surface area (TPSA) is 76.1 Å². The number of halogens is 4. The fraction of sp³-hybridized carbons (Fsp3) is 0.542. The molecule has 34 heavy (non-hydrogen) atoms. The summed E-state index contributed by atoms with van der Waals surface area (Å²) in [6, 6.07) is 5.82. The number of hydrogen-bond acceptors (Lipinski definition) is 6. The Balaban J connectivity index is 1.39. The zero-order chi connectivity index (χ0) is 24.1. The molecule has 2 aromatic rings. The van der Waals surface area contributed by atoms with Crippen molar-refractivity contribution >= 4 is 23.2 Å². The van der Waals surface area contributed by atoms with Gasteiger partial charge in [-0.3, -0.25) is 9.78 Å². The van der Waals surface area contributed by atoms with E-state index in [-0.39, 0.29) is 31.6 Å². The van der Waals surface area contributed by atoms with Gasteiger partial charge in [0.15, 0.2) is 0 Å². The Hall–Kier alpha value is -2.23. The lowest BCUT2D eigenvalue weighted by molar-refractivity contribution is -0.163. The maximum Gasteiger partial charge on any atom is 0.403 e. The number of hydrogen-bond donors (Lipinski definition) is 2. The Bertz CT molecular complexity index is 990. The van der Waals surface area contributed by atoms with E-state index in [9.17, 15) is 18.0 Å². The molecule has 2 aliphatic heterocycles. The first kappa shape index (κ1) is 24.9. The number of ether oxygens (including phenoxy) is 1. The van der Waals surface area contributed by atoms with Crippen molar-refractivity contribution in [2.24, 2.45) is 11.8 Å².